The SMILES string of the molecule is C=CCOC(=O)NCc1cccc(-c2cccc([C@H]3O[C@@H](CSc4nnc(C)s4)C[C@@H](c4ccc(CO)cc4)O3)c2)c1. The van der Waals surface area contributed by atoms with Gasteiger partial charge in [-0.1, -0.05) is 96.4 Å². The second-order valence-corrected chi connectivity index (χ2v) is 12.3. The number of carbonyl (C=O) groups excluding carboxylic acids is 1. The number of ether oxygens (including phenoxy) is 3. The number of carbonyl (C=O) groups is 1. The number of alkyl carbamates (subject to hydrolysis) is 1. The van der Waals surface area contributed by atoms with E-state index in [1.165, 1.54) is 6.08 Å². The van der Waals surface area contributed by atoms with Crippen LogP contribution in [-0.2, 0) is 27.4 Å². The Hall–Kier alpha value is -3.54. The number of benzene rings is 3. The lowest BCUT2D eigenvalue weighted by Crippen LogP contribution is -2.31. The molecule has 42 heavy (non-hydrogen) atoms. The molecule has 2 heterocycles. The van der Waals surface area contributed by atoms with Gasteiger partial charge in [-0.15, -0.1) is 10.2 Å². The predicted molar refractivity (Wildman–Crippen MR) is 164 cm³/mol. The van der Waals surface area contributed by atoms with Crippen LogP contribution in [-0.4, -0.2) is 39.9 Å². The maximum atomic E-state index is 11.8. The number of nitrogens with one attached hydrogen (secondary N) is 1. The smallest absolute Gasteiger partial charge is 0.407 e. The van der Waals surface area contributed by atoms with Gasteiger partial charge in [0.2, 0.25) is 0 Å². The van der Waals surface area contributed by atoms with E-state index in [4.69, 9.17) is 14.2 Å². The lowest BCUT2D eigenvalue weighted by atomic mass is 9.99. The van der Waals surface area contributed by atoms with Crippen LogP contribution in [0.15, 0.2) is 89.8 Å². The van der Waals surface area contributed by atoms with Crippen LogP contribution < -0.4 is 5.32 Å². The molecule has 1 fully saturated rings. The minimum atomic E-state index is -0.563. The molecule has 0 bridgehead atoms. The first kappa shape index (κ1) is 29.9. The third-order valence-electron chi connectivity index (χ3n) is 6.70. The minimum Gasteiger partial charge on any atom is -0.445 e. The van der Waals surface area contributed by atoms with Crippen molar-refractivity contribution in [3.63, 3.8) is 0 Å². The summed E-state index contributed by atoms with van der Waals surface area (Å²) in [6.07, 6.45) is 0.943. The summed E-state index contributed by atoms with van der Waals surface area (Å²) in [7, 11) is 0. The quantitative estimate of drug-likeness (QED) is 0.143. The summed E-state index contributed by atoms with van der Waals surface area (Å²) in [5.41, 5.74) is 5.81. The zero-order valence-electron chi connectivity index (χ0n) is 23.3. The number of nitrogens with zero attached hydrogens (tertiary/aromatic N) is 2. The number of thioether (sulfide) groups is 1. The van der Waals surface area contributed by atoms with Crippen molar-refractivity contribution in [2.45, 2.75) is 49.3 Å². The molecule has 0 radical (unpaired) electrons. The molecule has 3 aromatic carbocycles. The Bertz CT molecular complexity index is 1490. The molecular formula is C32H33N3O5S2. The van der Waals surface area contributed by atoms with Gasteiger partial charge in [0.25, 0.3) is 0 Å². The van der Waals surface area contributed by atoms with E-state index in [-0.39, 0.29) is 25.4 Å². The minimum absolute atomic E-state index is 0.00151. The normalized spacial score (nSPS) is 18.4. The number of aliphatic hydroxyl groups is 1. The summed E-state index contributed by atoms with van der Waals surface area (Å²) < 4.78 is 19.0. The van der Waals surface area contributed by atoms with E-state index >= 15 is 0 Å². The lowest BCUT2D eigenvalue weighted by Gasteiger charge is -2.36. The molecule has 1 aliphatic heterocycles. The predicted octanol–water partition coefficient (Wildman–Crippen LogP) is 6.76. The molecule has 10 heteroatoms. The Morgan fingerprint density at radius 2 is 1.86 bits per heavy atom. The molecule has 0 spiro atoms. The van der Waals surface area contributed by atoms with Gasteiger partial charge in [-0.2, -0.15) is 0 Å². The number of aromatic nitrogens is 2. The molecule has 0 saturated carbocycles. The first-order chi connectivity index (χ1) is 20.5. The third-order valence-corrected chi connectivity index (χ3v) is 8.81. The Labute approximate surface area is 253 Å². The van der Waals surface area contributed by atoms with E-state index in [2.05, 4.69) is 28.2 Å². The van der Waals surface area contributed by atoms with Crippen molar-refractivity contribution in [1.29, 1.82) is 0 Å². The van der Waals surface area contributed by atoms with Gasteiger partial charge < -0.3 is 24.6 Å². The Morgan fingerprint density at radius 3 is 2.60 bits per heavy atom. The van der Waals surface area contributed by atoms with Gasteiger partial charge in [-0.3, -0.25) is 0 Å². The number of amides is 1. The van der Waals surface area contributed by atoms with Crippen LogP contribution in [0.2, 0.25) is 0 Å². The first-order valence-electron chi connectivity index (χ1n) is 13.6. The van der Waals surface area contributed by atoms with Crippen molar-refractivity contribution >= 4 is 29.2 Å². The highest BCUT2D eigenvalue weighted by molar-refractivity contribution is 8.01. The molecule has 4 aromatic rings. The van der Waals surface area contributed by atoms with Crippen LogP contribution in [0.3, 0.4) is 0 Å². The Morgan fingerprint density at radius 1 is 1.07 bits per heavy atom. The molecule has 8 nitrogen and oxygen atoms in total. The molecule has 0 aliphatic carbocycles. The zero-order chi connectivity index (χ0) is 29.3. The van der Waals surface area contributed by atoms with Gasteiger partial charge in [-0.05, 0) is 46.9 Å². The fourth-order valence-electron chi connectivity index (χ4n) is 4.61. The molecular weight excluding hydrogens is 571 g/mol. The van der Waals surface area contributed by atoms with Crippen LogP contribution in [0, 0.1) is 6.92 Å². The fourth-order valence-corrected chi connectivity index (χ4v) is 6.47. The lowest BCUT2D eigenvalue weighted by molar-refractivity contribution is -0.245. The average molecular weight is 604 g/mol. The first-order valence-corrected chi connectivity index (χ1v) is 15.4. The maximum Gasteiger partial charge on any atom is 0.407 e. The summed E-state index contributed by atoms with van der Waals surface area (Å²) in [6, 6.07) is 24.1. The van der Waals surface area contributed by atoms with Gasteiger partial charge >= 0.3 is 6.09 Å². The molecule has 3 atom stereocenters. The number of rotatable bonds is 11. The number of hydrogen-bond donors (Lipinski definition) is 2. The van der Waals surface area contributed by atoms with Crippen LogP contribution in [0.1, 0.15) is 46.1 Å². The van der Waals surface area contributed by atoms with Crippen LogP contribution >= 0.6 is 23.1 Å². The molecule has 1 aromatic heterocycles. The van der Waals surface area contributed by atoms with Gasteiger partial charge in [0.05, 0.1) is 18.8 Å². The average Bonchev–Trinajstić information content (AvgIpc) is 3.46. The van der Waals surface area contributed by atoms with E-state index < -0.39 is 12.4 Å². The van der Waals surface area contributed by atoms with Crippen molar-refractivity contribution in [2.75, 3.05) is 12.4 Å². The van der Waals surface area contributed by atoms with Crippen molar-refractivity contribution in [3.05, 3.63) is 113 Å². The maximum absolute atomic E-state index is 11.8. The topological polar surface area (TPSA) is 103 Å². The second-order valence-electron chi connectivity index (χ2n) is 9.81. The van der Waals surface area contributed by atoms with E-state index in [0.717, 1.165) is 48.5 Å². The largest absolute Gasteiger partial charge is 0.445 e. The molecule has 1 aliphatic rings. The monoisotopic (exact) mass is 603 g/mol. The van der Waals surface area contributed by atoms with Gasteiger partial charge in [-0.25, -0.2) is 4.79 Å². The standard InChI is InChI=1S/C32H33N3O5S2/c1-3-14-38-31(37)33-18-23-6-4-7-25(15-23)26-8-5-9-27(16-26)30-39-28(20-41-32-35-34-21(2)42-32)17-29(40-30)24-12-10-22(19-36)11-13-24/h3-13,15-16,28-30,36H,1,14,17-20H2,2H3,(H,33,37)/t28-,29+,30+/m1/s1. The van der Waals surface area contributed by atoms with Gasteiger partial charge in [0.1, 0.15) is 11.6 Å². The summed E-state index contributed by atoms with van der Waals surface area (Å²) >= 11 is 3.23. The molecule has 1 saturated heterocycles. The van der Waals surface area contributed by atoms with Crippen molar-refractivity contribution in [3.8, 4) is 11.1 Å². The number of aliphatic hydroxyl groups excluding tert-OH is 1. The van der Waals surface area contributed by atoms with E-state index in [1.807, 2.05) is 73.7 Å². The molecule has 2 N–H and O–H groups in total. The second kappa shape index (κ2) is 14.6. The number of aryl methyl sites for hydroxylation is 1. The van der Waals surface area contributed by atoms with Crippen molar-refractivity contribution < 1.29 is 24.1 Å². The summed E-state index contributed by atoms with van der Waals surface area (Å²) in [6.45, 7) is 6.02. The summed E-state index contributed by atoms with van der Waals surface area (Å²) in [5.74, 6) is 0.726. The van der Waals surface area contributed by atoms with E-state index in [9.17, 15) is 9.90 Å². The van der Waals surface area contributed by atoms with E-state index in [0.29, 0.717) is 13.0 Å². The Balaban J connectivity index is 1.34. The zero-order valence-corrected chi connectivity index (χ0v) is 24.9. The van der Waals surface area contributed by atoms with Crippen molar-refractivity contribution in [1.82, 2.24) is 15.5 Å². The fraction of sp³-hybridized carbons (Fsp3) is 0.281. The highest BCUT2D eigenvalue weighted by Crippen LogP contribution is 2.40. The highest BCUT2D eigenvalue weighted by atomic mass is 32.2. The van der Waals surface area contributed by atoms with E-state index in [1.54, 1.807) is 23.1 Å². The summed E-state index contributed by atoms with van der Waals surface area (Å²) in [5, 5.41) is 21.6. The third kappa shape index (κ3) is 8.05. The van der Waals surface area contributed by atoms with Gasteiger partial charge in [0, 0.05) is 24.3 Å². The summed E-state index contributed by atoms with van der Waals surface area (Å²) in [4.78, 5) is 11.8. The Kier molecular flexibility index (Phi) is 10.4. The molecule has 1 amide bonds. The van der Waals surface area contributed by atoms with Crippen LogP contribution in [0.5, 0.6) is 0 Å². The van der Waals surface area contributed by atoms with Crippen molar-refractivity contribution in [2.24, 2.45) is 0 Å². The number of hydrogen-bond acceptors (Lipinski definition) is 9. The molecule has 218 valence electrons. The highest BCUT2D eigenvalue weighted by Gasteiger charge is 2.32. The van der Waals surface area contributed by atoms with Gasteiger partial charge in [0.15, 0.2) is 10.6 Å². The molecule has 0 unspecified atom stereocenters. The van der Waals surface area contributed by atoms with Crippen LogP contribution in [0.25, 0.3) is 11.1 Å². The molecule has 5 rings (SSSR count). The van der Waals surface area contributed by atoms with Crippen LogP contribution in [0.4, 0.5) is 4.79 Å².